The highest BCUT2D eigenvalue weighted by molar-refractivity contribution is 7.10. The average molecular weight is 868 g/mol. The number of fused-ring (bicyclic) bond motifs is 6. The van der Waals surface area contributed by atoms with Crippen LogP contribution in [0, 0.1) is 5.41 Å². The van der Waals surface area contributed by atoms with Crippen LogP contribution in [0.1, 0.15) is 102 Å². The van der Waals surface area contributed by atoms with Crippen LogP contribution in [-0.4, -0.2) is 125 Å². The molecule has 1 aromatic carbocycles. The number of hydrogen-bond donors (Lipinski definition) is 2. The molecule has 3 aromatic heterocycles. The maximum absolute atomic E-state index is 14.7. The number of aryl methyl sites for hydroxylation is 1. The molecule has 5 atom stereocenters. The summed E-state index contributed by atoms with van der Waals surface area (Å²) >= 11 is 1.53. The van der Waals surface area contributed by atoms with E-state index in [0.717, 1.165) is 101 Å². The number of anilines is 1. The van der Waals surface area contributed by atoms with Crippen molar-refractivity contribution in [2.24, 2.45) is 5.41 Å². The van der Waals surface area contributed by atoms with Crippen molar-refractivity contribution < 1.29 is 23.9 Å². The summed E-state index contributed by atoms with van der Waals surface area (Å²) in [6, 6.07) is 7.17. The van der Waals surface area contributed by atoms with Gasteiger partial charge in [-0.15, -0.1) is 11.3 Å². The van der Waals surface area contributed by atoms with Crippen LogP contribution in [0.3, 0.4) is 0 Å². The van der Waals surface area contributed by atoms with Gasteiger partial charge in [-0.25, -0.2) is 15.2 Å². The monoisotopic (exact) mass is 867 g/mol. The largest absolute Gasteiger partial charge is 0.464 e. The summed E-state index contributed by atoms with van der Waals surface area (Å²) in [6.45, 7) is 18.4. The van der Waals surface area contributed by atoms with Crippen molar-refractivity contribution in [3.63, 3.8) is 0 Å². The number of cyclic esters (lactones) is 1. The summed E-state index contributed by atoms with van der Waals surface area (Å²) in [6.07, 6.45) is 5.86. The second kappa shape index (κ2) is 18.3. The molecule has 0 unspecified atom stereocenters. The fraction of sp³-hybridized carbons (Fsp3) is 0.596. The number of likely N-dealkylation sites (N-methyl/N-ethyl adjacent to an activating group) is 1. The number of hydrogen-bond acceptors (Lipinski definition) is 11. The molecule has 4 aliphatic rings. The first-order chi connectivity index (χ1) is 29.8. The van der Waals surface area contributed by atoms with E-state index < -0.39 is 17.5 Å². The van der Waals surface area contributed by atoms with Gasteiger partial charge in [0.15, 0.2) is 0 Å². The fourth-order valence-corrected chi connectivity index (χ4v) is 10.6. The summed E-state index contributed by atoms with van der Waals surface area (Å²) in [5.74, 6) is -1.04. The third-order valence-electron chi connectivity index (χ3n) is 13.5. The number of piperazine rings is 1. The van der Waals surface area contributed by atoms with Gasteiger partial charge in [0.2, 0.25) is 0 Å². The van der Waals surface area contributed by atoms with Crippen molar-refractivity contribution in [1.29, 1.82) is 0 Å². The lowest BCUT2D eigenvalue weighted by Crippen LogP contribution is -2.63. The first-order valence-electron chi connectivity index (χ1n) is 22.7. The lowest BCUT2D eigenvalue weighted by atomic mass is 9.84. The van der Waals surface area contributed by atoms with Crippen LogP contribution in [0.15, 0.2) is 35.8 Å². The van der Waals surface area contributed by atoms with Crippen LogP contribution in [0.25, 0.3) is 33.4 Å². The number of methoxy groups -OCH3 is 1. The highest BCUT2D eigenvalue weighted by atomic mass is 32.1. The van der Waals surface area contributed by atoms with Crippen LogP contribution < -0.4 is 15.6 Å². The number of esters is 1. The number of carbonyl (C=O) groups is 3. The van der Waals surface area contributed by atoms with Gasteiger partial charge in [-0.1, -0.05) is 33.3 Å². The number of nitrogens with zero attached hydrogens (tertiary/aromatic N) is 7. The molecule has 2 N–H and O–H groups in total. The zero-order chi connectivity index (χ0) is 43.9. The van der Waals surface area contributed by atoms with Gasteiger partial charge in [0.1, 0.15) is 12.1 Å². The molecule has 334 valence electrons. The normalized spacial score (nSPS) is 24.1. The molecule has 15 heteroatoms. The summed E-state index contributed by atoms with van der Waals surface area (Å²) in [7, 11) is 3.90. The minimum atomic E-state index is -0.886. The Balaban J connectivity index is 1.29. The summed E-state index contributed by atoms with van der Waals surface area (Å²) in [4.78, 5) is 59.4. The van der Waals surface area contributed by atoms with E-state index in [9.17, 15) is 14.4 Å². The summed E-state index contributed by atoms with van der Waals surface area (Å²) in [5.41, 5.74) is 10.9. The van der Waals surface area contributed by atoms with Crippen molar-refractivity contribution in [2.75, 3.05) is 64.9 Å². The number of hydrazine groups is 1. The average Bonchev–Trinajstić information content (AvgIpc) is 3.88. The van der Waals surface area contributed by atoms with Crippen molar-refractivity contribution in [3.8, 4) is 22.5 Å². The van der Waals surface area contributed by atoms with E-state index in [0.29, 0.717) is 38.8 Å². The van der Waals surface area contributed by atoms with Crippen LogP contribution >= 0.6 is 11.3 Å². The molecule has 14 nitrogen and oxygen atoms in total. The zero-order valence-electron chi connectivity index (χ0n) is 37.8. The topological polar surface area (TPSA) is 137 Å². The Bertz CT molecular complexity index is 2280. The van der Waals surface area contributed by atoms with Gasteiger partial charge >= 0.3 is 12.0 Å². The number of pyridine rings is 1. The van der Waals surface area contributed by atoms with Crippen molar-refractivity contribution >= 4 is 45.8 Å². The molecule has 3 amide bonds. The molecule has 3 fully saturated rings. The molecule has 0 aliphatic carbocycles. The number of rotatable bonds is 8. The SMILES string of the molecule is CCC[C@@H]1c2nc(cs2)-c2ccc3c(c2)c(c(-c2cc(N4CCN(C)CC4)cnc2[C@H](C)OC)n3CC)CC(C)(C)COC(=O)[C@@H]2CCCN(N2)C(=O)[C@H]1NC(=O)N1CC[C@H]1C. The van der Waals surface area contributed by atoms with Gasteiger partial charge in [0, 0.05) is 97.7 Å². The fourth-order valence-electron chi connectivity index (χ4n) is 9.61. The van der Waals surface area contributed by atoms with Gasteiger partial charge in [-0.3, -0.25) is 19.6 Å². The number of ether oxygens (including phenoxy) is 2. The van der Waals surface area contributed by atoms with E-state index in [-0.39, 0.29) is 42.6 Å². The molecular formula is C47H65N9O5S. The quantitative estimate of drug-likeness (QED) is 0.179. The molecule has 4 aromatic rings. The van der Waals surface area contributed by atoms with Crippen LogP contribution in [-0.2, 0) is 32.0 Å². The Morgan fingerprint density at radius 1 is 1.10 bits per heavy atom. The first kappa shape index (κ1) is 44.1. The maximum atomic E-state index is 14.7. The highest BCUT2D eigenvalue weighted by Gasteiger charge is 2.41. The number of thiazole rings is 1. The van der Waals surface area contributed by atoms with E-state index in [1.165, 1.54) is 16.3 Å². The maximum Gasteiger partial charge on any atom is 0.324 e. The minimum Gasteiger partial charge on any atom is -0.464 e. The predicted molar refractivity (Wildman–Crippen MR) is 244 cm³/mol. The summed E-state index contributed by atoms with van der Waals surface area (Å²) < 4.78 is 14.6. The van der Waals surface area contributed by atoms with E-state index in [2.05, 4.69) is 96.4 Å². The number of carbonyl (C=O) groups excluding carboxylic acids is 3. The number of likely N-dealkylation sites (tertiary alicyclic amines) is 1. The number of aromatic nitrogens is 3. The number of amides is 3. The molecule has 3 saturated heterocycles. The second-order valence-electron chi connectivity index (χ2n) is 18.6. The standard InChI is InChI=1S/C47H65N9O5S/c1-9-12-33-41(50-46(59)55-18-16-29(55)3)44(57)56-17-11-13-37(51-56)45(58)61-28-47(5,6)25-36-34-23-31(38-27-62-43(33)49-38)14-15-39(34)54(10-2)42(36)35-24-32(26-48-40(35)30(4)60-8)53-21-19-52(7)20-22-53/h14-15,23-24,26-27,29-30,33,37,41,51H,9-13,16-22,25,28H2,1-8H3,(H,50,59)/t29-,30+,33+,37+,41+/m1/s1. The Morgan fingerprint density at radius 3 is 2.58 bits per heavy atom. The summed E-state index contributed by atoms with van der Waals surface area (Å²) in [5, 5.41) is 8.68. The van der Waals surface area contributed by atoms with Crippen molar-refractivity contribution in [3.05, 3.63) is 52.1 Å². The molecule has 4 aliphatic heterocycles. The van der Waals surface area contributed by atoms with E-state index >= 15 is 0 Å². The van der Waals surface area contributed by atoms with Gasteiger partial charge in [-0.05, 0) is 83.7 Å². The van der Waals surface area contributed by atoms with Crippen LogP contribution in [0.5, 0.6) is 0 Å². The Hall–Kier alpha value is -4.57. The van der Waals surface area contributed by atoms with Crippen molar-refractivity contribution in [2.45, 2.75) is 117 Å². The third kappa shape index (κ3) is 8.69. The Labute approximate surface area is 370 Å². The zero-order valence-corrected chi connectivity index (χ0v) is 38.6. The number of urea groups is 1. The van der Waals surface area contributed by atoms with E-state index in [1.807, 2.05) is 13.1 Å². The molecule has 0 spiro atoms. The Kier molecular flexibility index (Phi) is 13.0. The van der Waals surface area contributed by atoms with E-state index in [1.54, 1.807) is 12.0 Å². The number of benzene rings is 1. The molecule has 6 bridgehead atoms. The molecule has 8 rings (SSSR count). The predicted octanol–water partition coefficient (Wildman–Crippen LogP) is 6.98. The second-order valence-corrected chi connectivity index (χ2v) is 19.5. The third-order valence-corrected chi connectivity index (χ3v) is 14.5. The van der Waals surface area contributed by atoms with Gasteiger partial charge < -0.3 is 34.1 Å². The molecule has 7 heterocycles. The lowest BCUT2D eigenvalue weighted by molar-refractivity contribution is -0.155. The molecule has 0 radical (unpaired) electrons. The Morgan fingerprint density at radius 2 is 1.89 bits per heavy atom. The smallest absolute Gasteiger partial charge is 0.324 e. The molecule has 62 heavy (non-hydrogen) atoms. The van der Waals surface area contributed by atoms with Crippen molar-refractivity contribution in [1.82, 2.24) is 40.1 Å². The van der Waals surface area contributed by atoms with E-state index in [4.69, 9.17) is 19.4 Å². The highest BCUT2D eigenvalue weighted by Crippen LogP contribution is 2.43. The molecular weight excluding hydrogens is 803 g/mol. The van der Waals surface area contributed by atoms with Gasteiger partial charge in [0.05, 0.1) is 46.7 Å². The van der Waals surface area contributed by atoms with Gasteiger partial charge in [0.25, 0.3) is 5.91 Å². The van der Waals surface area contributed by atoms with Gasteiger partial charge in [-0.2, -0.15) is 0 Å². The van der Waals surface area contributed by atoms with Crippen LogP contribution in [0.4, 0.5) is 10.5 Å². The van der Waals surface area contributed by atoms with Crippen LogP contribution in [0.2, 0.25) is 0 Å². The number of nitrogens with one attached hydrogen (secondary N) is 2. The minimum absolute atomic E-state index is 0.104. The molecule has 0 saturated carbocycles. The first-order valence-corrected chi connectivity index (χ1v) is 23.6. The lowest BCUT2D eigenvalue weighted by Gasteiger charge is -2.41.